The fourth-order valence-electron chi connectivity index (χ4n) is 2.29. The second kappa shape index (κ2) is 5.04. The maximum absolute atomic E-state index is 13.0. The minimum atomic E-state index is -0.601. The third-order valence-electron chi connectivity index (χ3n) is 4.05. The van der Waals surface area contributed by atoms with E-state index >= 15 is 0 Å². The molecule has 2 heterocycles. The molecular weight excluding hydrogens is 231 g/mol. The molecule has 0 radical (unpaired) electrons. The Balaban J connectivity index is 2.04. The average molecular weight is 250 g/mol. The monoisotopic (exact) mass is 250 g/mol. The van der Waals surface area contributed by atoms with Crippen LogP contribution in [-0.4, -0.2) is 28.9 Å². The highest BCUT2D eigenvalue weighted by molar-refractivity contribution is 5.92. The number of amides is 1. The van der Waals surface area contributed by atoms with Crippen molar-refractivity contribution in [2.75, 3.05) is 13.1 Å². The van der Waals surface area contributed by atoms with Crippen molar-refractivity contribution < 1.29 is 9.18 Å². The Morgan fingerprint density at radius 2 is 2.11 bits per heavy atom. The summed E-state index contributed by atoms with van der Waals surface area (Å²) in [4.78, 5) is 17.6. The molecule has 0 bridgehead atoms. The molecule has 0 aromatic carbocycles. The quantitative estimate of drug-likeness (QED) is 0.756. The fraction of sp³-hybridized carbons (Fsp3) is 0.571. The van der Waals surface area contributed by atoms with Crippen LogP contribution in [0.25, 0.3) is 0 Å². The van der Waals surface area contributed by atoms with E-state index in [-0.39, 0.29) is 11.6 Å². The van der Waals surface area contributed by atoms with Gasteiger partial charge in [0, 0.05) is 13.1 Å². The zero-order valence-electron chi connectivity index (χ0n) is 10.9. The number of carbonyl (C=O) groups is 1. The summed E-state index contributed by atoms with van der Waals surface area (Å²) in [5.41, 5.74) is 0.543. The predicted octanol–water partition coefficient (Wildman–Crippen LogP) is 2.87. The van der Waals surface area contributed by atoms with Crippen molar-refractivity contribution in [1.29, 1.82) is 0 Å². The molecule has 3 nitrogen and oxygen atoms in total. The van der Waals surface area contributed by atoms with E-state index in [1.165, 1.54) is 12.1 Å². The molecule has 4 heteroatoms. The Morgan fingerprint density at radius 3 is 2.67 bits per heavy atom. The van der Waals surface area contributed by atoms with E-state index in [0.717, 1.165) is 32.4 Å². The van der Waals surface area contributed by atoms with Crippen molar-refractivity contribution in [2.45, 2.75) is 33.1 Å². The molecule has 0 atom stereocenters. The normalized spacial score (nSPS) is 18.7. The summed E-state index contributed by atoms with van der Waals surface area (Å²) in [6.45, 7) is 5.92. The van der Waals surface area contributed by atoms with Gasteiger partial charge in [-0.15, -0.1) is 0 Å². The van der Waals surface area contributed by atoms with Gasteiger partial charge in [-0.2, -0.15) is 4.39 Å². The number of hydrogen-bond donors (Lipinski definition) is 0. The third-order valence-corrected chi connectivity index (χ3v) is 4.05. The van der Waals surface area contributed by atoms with Gasteiger partial charge in [0.15, 0.2) is 0 Å². The van der Waals surface area contributed by atoms with Crippen molar-refractivity contribution in [2.24, 2.45) is 5.41 Å². The summed E-state index contributed by atoms with van der Waals surface area (Å²) < 4.78 is 13.0. The summed E-state index contributed by atoms with van der Waals surface area (Å²) in [5.74, 6) is -0.760. The van der Waals surface area contributed by atoms with Gasteiger partial charge in [-0.3, -0.25) is 4.79 Å². The summed E-state index contributed by atoms with van der Waals surface area (Å²) in [5, 5.41) is 0. The molecule has 1 aromatic heterocycles. The fourth-order valence-corrected chi connectivity index (χ4v) is 2.29. The maximum Gasteiger partial charge on any atom is 0.272 e. The molecular formula is C14H19FN2O. The second-order valence-corrected chi connectivity index (χ2v) is 5.30. The first-order valence-electron chi connectivity index (χ1n) is 6.46. The minimum absolute atomic E-state index is 0.160. The molecule has 0 unspecified atom stereocenters. The number of carbonyl (C=O) groups excluding carboxylic acids is 1. The van der Waals surface area contributed by atoms with Crippen LogP contribution in [-0.2, 0) is 0 Å². The maximum atomic E-state index is 13.0. The summed E-state index contributed by atoms with van der Waals surface area (Å²) in [6.07, 6.45) is 3.14. The van der Waals surface area contributed by atoms with E-state index in [4.69, 9.17) is 0 Å². The average Bonchev–Trinajstić information content (AvgIpc) is 2.39. The smallest absolute Gasteiger partial charge is 0.272 e. The lowest BCUT2D eigenvalue weighted by molar-refractivity contribution is 0.0593. The Hall–Kier alpha value is -1.45. The summed E-state index contributed by atoms with van der Waals surface area (Å²) >= 11 is 0. The zero-order chi connectivity index (χ0) is 13.2. The zero-order valence-corrected chi connectivity index (χ0v) is 10.9. The Bertz CT molecular complexity index is 439. The molecule has 1 aliphatic heterocycles. The molecule has 1 fully saturated rings. The summed E-state index contributed by atoms with van der Waals surface area (Å²) in [7, 11) is 0. The summed E-state index contributed by atoms with van der Waals surface area (Å²) in [6, 6.07) is 4.34. The first-order valence-corrected chi connectivity index (χ1v) is 6.46. The largest absolute Gasteiger partial charge is 0.337 e. The second-order valence-electron chi connectivity index (χ2n) is 5.30. The number of hydrogen-bond acceptors (Lipinski definition) is 2. The number of halogens is 1. The van der Waals surface area contributed by atoms with Crippen LogP contribution < -0.4 is 0 Å². The molecule has 1 aromatic rings. The van der Waals surface area contributed by atoms with Gasteiger partial charge < -0.3 is 4.90 Å². The van der Waals surface area contributed by atoms with Gasteiger partial charge >= 0.3 is 0 Å². The highest BCUT2D eigenvalue weighted by atomic mass is 19.1. The van der Waals surface area contributed by atoms with E-state index in [0.29, 0.717) is 5.41 Å². The van der Waals surface area contributed by atoms with Gasteiger partial charge in [-0.05, 0) is 30.4 Å². The van der Waals surface area contributed by atoms with Crippen molar-refractivity contribution >= 4 is 5.91 Å². The minimum Gasteiger partial charge on any atom is -0.337 e. The number of aromatic nitrogens is 1. The molecule has 1 aliphatic rings. The molecule has 2 rings (SSSR count). The Kier molecular flexibility index (Phi) is 3.64. The van der Waals surface area contributed by atoms with Gasteiger partial charge in [0.1, 0.15) is 5.69 Å². The van der Waals surface area contributed by atoms with Crippen LogP contribution >= 0.6 is 0 Å². The Morgan fingerprint density at radius 1 is 1.44 bits per heavy atom. The molecule has 18 heavy (non-hydrogen) atoms. The number of likely N-dealkylation sites (tertiary alicyclic amines) is 1. The van der Waals surface area contributed by atoms with Gasteiger partial charge in [0.2, 0.25) is 5.95 Å². The van der Waals surface area contributed by atoms with Gasteiger partial charge in [0.05, 0.1) is 0 Å². The lowest BCUT2D eigenvalue weighted by Crippen LogP contribution is -2.42. The lowest BCUT2D eigenvalue weighted by Gasteiger charge is -2.38. The van der Waals surface area contributed by atoms with E-state index in [1.807, 2.05) is 0 Å². The highest BCUT2D eigenvalue weighted by Crippen LogP contribution is 2.34. The predicted molar refractivity (Wildman–Crippen MR) is 67.7 cm³/mol. The number of piperidine rings is 1. The first kappa shape index (κ1) is 13.0. The number of rotatable bonds is 2. The van der Waals surface area contributed by atoms with Crippen LogP contribution in [0.1, 0.15) is 43.6 Å². The van der Waals surface area contributed by atoms with Crippen molar-refractivity contribution in [1.82, 2.24) is 9.88 Å². The van der Waals surface area contributed by atoms with E-state index in [2.05, 4.69) is 18.8 Å². The van der Waals surface area contributed by atoms with Crippen molar-refractivity contribution in [3.05, 3.63) is 29.8 Å². The number of pyridine rings is 1. The molecule has 1 saturated heterocycles. The molecule has 0 saturated carbocycles. The molecule has 0 aliphatic carbocycles. The van der Waals surface area contributed by atoms with E-state index < -0.39 is 5.95 Å². The van der Waals surface area contributed by atoms with Crippen LogP contribution in [0.2, 0.25) is 0 Å². The van der Waals surface area contributed by atoms with Crippen LogP contribution in [0.5, 0.6) is 0 Å². The molecule has 1 amide bonds. The van der Waals surface area contributed by atoms with Gasteiger partial charge in [-0.25, -0.2) is 4.98 Å². The van der Waals surface area contributed by atoms with Crippen molar-refractivity contribution in [3.63, 3.8) is 0 Å². The van der Waals surface area contributed by atoms with E-state index in [1.54, 1.807) is 11.0 Å². The third kappa shape index (κ3) is 2.68. The SMILES string of the molecule is CCC1(C)CCN(C(=O)c2cccc(F)n2)CC1. The number of nitrogens with zero attached hydrogens (tertiary/aromatic N) is 2. The van der Waals surface area contributed by atoms with Crippen LogP contribution in [0.15, 0.2) is 18.2 Å². The molecule has 0 N–H and O–H groups in total. The van der Waals surface area contributed by atoms with E-state index in [9.17, 15) is 9.18 Å². The van der Waals surface area contributed by atoms with Gasteiger partial charge in [-0.1, -0.05) is 26.3 Å². The van der Waals surface area contributed by atoms with Crippen LogP contribution in [0.3, 0.4) is 0 Å². The van der Waals surface area contributed by atoms with Crippen molar-refractivity contribution in [3.8, 4) is 0 Å². The van der Waals surface area contributed by atoms with Crippen LogP contribution in [0.4, 0.5) is 4.39 Å². The first-order chi connectivity index (χ1) is 8.54. The highest BCUT2D eigenvalue weighted by Gasteiger charge is 2.30. The Labute approximate surface area is 107 Å². The van der Waals surface area contributed by atoms with Gasteiger partial charge in [0.25, 0.3) is 5.91 Å². The molecule has 0 spiro atoms. The van der Waals surface area contributed by atoms with Crippen LogP contribution in [0, 0.1) is 11.4 Å². The molecule has 98 valence electrons. The standard InChI is InChI=1S/C14H19FN2O/c1-3-14(2)7-9-17(10-8-14)13(18)11-5-4-6-12(15)16-11/h4-6H,3,7-10H2,1-2H3. The topological polar surface area (TPSA) is 33.2 Å². The lowest BCUT2D eigenvalue weighted by atomic mass is 9.78.